The summed E-state index contributed by atoms with van der Waals surface area (Å²) < 4.78 is 16.7. The number of hydrogen-bond acceptors (Lipinski definition) is 6. The molecular formula is C61H96O6. The van der Waals surface area contributed by atoms with Gasteiger partial charge in [0.25, 0.3) is 0 Å². The molecule has 0 aliphatic rings. The molecule has 0 aromatic heterocycles. The maximum absolute atomic E-state index is 12.8. The summed E-state index contributed by atoms with van der Waals surface area (Å²) in [6.07, 6.45) is 75.9. The van der Waals surface area contributed by atoms with Crippen LogP contribution in [0.4, 0.5) is 0 Å². The van der Waals surface area contributed by atoms with Crippen LogP contribution in [0.3, 0.4) is 0 Å². The number of rotatable bonds is 46. The molecule has 0 N–H and O–H groups in total. The van der Waals surface area contributed by atoms with Crippen LogP contribution in [-0.4, -0.2) is 37.2 Å². The zero-order valence-electron chi connectivity index (χ0n) is 42.9. The molecule has 0 aliphatic carbocycles. The molecule has 376 valence electrons. The van der Waals surface area contributed by atoms with E-state index >= 15 is 0 Å². The molecule has 0 rings (SSSR count). The van der Waals surface area contributed by atoms with Gasteiger partial charge in [-0.15, -0.1) is 0 Å². The molecule has 0 aliphatic heterocycles. The Bertz CT molecular complexity index is 1480. The minimum absolute atomic E-state index is 0.124. The maximum atomic E-state index is 12.8. The number of esters is 3. The van der Waals surface area contributed by atoms with E-state index < -0.39 is 6.10 Å². The number of carbonyl (C=O) groups excluding carboxylic acids is 3. The van der Waals surface area contributed by atoms with Gasteiger partial charge in [-0.05, 0) is 103 Å². The van der Waals surface area contributed by atoms with Gasteiger partial charge in [0.15, 0.2) is 6.10 Å². The molecule has 6 heteroatoms. The fraction of sp³-hybridized carbons (Fsp3) is 0.590. The van der Waals surface area contributed by atoms with Crippen molar-refractivity contribution >= 4 is 17.9 Å². The van der Waals surface area contributed by atoms with Gasteiger partial charge in [0.2, 0.25) is 0 Å². The molecule has 0 radical (unpaired) electrons. The van der Waals surface area contributed by atoms with Crippen molar-refractivity contribution < 1.29 is 28.6 Å². The average molecular weight is 925 g/mol. The number of carbonyl (C=O) groups is 3. The molecule has 0 aromatic carbocycles. The molecule has 0 bridgehead atoms. The van der Waals surface area contributed by atoms with E-state index in [1.165, 1.54) is 77.0 Å². The van der Waals surface area contributed by atoms with E-state index in [0.717, 1.165) is 89.9 Å². The van der Waals surface area contributed by atoms with E-state index in [2.05, 4.69) is 99.8 Å². The molecule has 0 spiro atoms. The molecule has 0 aromatic rings. The largest absolute Gasteiger partial charge is 0.462 e. The van der Waals surface area contributed by atoms with E-state index in [1.54, 1.807) is 0 Å². The predicted molar refractivity (Wildman–Crippen MR) is 288 cm³/mol. The fourth-order valence-corrected chi connectivity index (χ4v) is 6.79. The lowest BCUT2D eigenvalue weighted by molar-refractivity contribution is -0.167. The van der Waals surface area contributed by atoms with Gasteiger partial charge < -0.3 is 14.2 Å². The Hall–Kier alpha value is -4.45. The van der Waals surface area contributed by atoms with Gasteiger partial charge in [-0.2, -0.15) is 0 Å². The van der Waals surface area contributed by atoms with Crippen molar-refractivity contribution in [3.05, 3.63) is 134 Å². The summed E-state index contributed by atoms with van der Waals surface area (Å²) in [7, 11) is 0. The molecule has 1 atom stereocenters. The van der Waals surface area contributed by atoms with Gasteiger partial charge in [0, 0.05) is 19.3 Å². The number of ether oxygens (including phenoxy) is 3. The quantitative estimate of drug-likeness (QED) is 0.0199. The fourth-order valence-electron chi connectivity index (χ4n) is 6.79. The summed E-state index contributed by atoms with van der Waals surface area (Å²) in [6, 6.07) is 0. The summed E-state index contributed by atoms with van der Waals surface area (Å²) in [4.78, 5) is 38.0. The average Bonchev–Trinajstić information content (AvgIpc) is 3.33. The van der Waals surface area contributed by atoms with Gasteiger partial charge in [-0.1, -0.05) is 225 Å². The van der Waals surface area contributed by atoms with E-state index in [9.17, 15) is 14.4 Å². The van der Waals surface area contributed by atoms with Crippen LogP contribution >= 0.6 is 0 Å². The van der Waals surface area contributed by atoms with Crippen LogP contribution in [0.2, 0.25) is 0 Å². The normalized spacial score (nSPS) is 13.2. The molecular weight excluding hydrogens is 829 g/mol. The Morgan fingerprint density at radius 1 is 0.328 bits per heavy atom. The van der Waals surface area contributed by atoms with Crippen LogP contribution in [0.1, 0.15) is 213 Å². The zero-order valence-corrected chi connectivity index (χ0v) is 42.9. The molecule has 0 saturated carbocycles. The van der Waals surface area contributed by atoms with Gasteiger partial charge in [0.1, 0.15) is 13.2 Å². The van der Waals surface area contributed by atoms with Gasteiger partial charge in [0.05, 0.1) is 0 Å². The number of hydrogen-bond donors (Lipinski definition) is 0. The lowest BCUT2D eigenvalue weighted by atomic mass is 10.1. The maximum Gasteiger partial charge on any atom is 0.306 e. The highest BCUT2D eigenvalue weighted by atomic mass is 16.6. The Labute approximate surface area is 411 Å². The Kier molecular flexibility index (Phi) is 50.6. The van der Waals surface area contributed by atoms with E-state index in [0.29, 0.717) is 19.3 Å². The van der Waals surface area contributed by atoms with Crippen molar-refractivity contribution in [1.29, 1.82) is 0 Å². The molecule has 0 amide bonds. The molecule has 0 saturated heterocycles. The summed E-state index contributed by atoms with van der Waals surface area (Å²) >= 11 is 0. The first-order valence-corrected chi connectivity index (χ1v) is 26.8. The topological polar surface area (TPSA) is 78.9 Å². The van der Waals surface area contributed by atoms with Crippen LogP contribution in [0.25, 0.3) is 0 Å². The first kappa shape index (κ1) is 62.5. The van der Waals surface area contributed by atoms with Crippen LogP contribution < -0.4 is 0 Å². The number of allylic oxidation sites excluding steroid dienone is 22. The van der Waals surface area contributed by atoms with Crippen molar-refractivity contribution in [3.63, 3.8) is 0 Å². The Morgan fingerprint density at radius 2 is 0.672 bits per heavy atom. The summed E-state index contributed by atoms with van der Waals surface area (Å²) in [5.41, 5.74) is 0. The van der Waals surface area contributed by atoms with E-state index in [-0.39, 0.29) is 37.5 Å². The molecule has 1 unspecified atom stereocenters. The molecule has 0 heterocycles. The van der Waals surface area contributed by atoms with Crippen LogP contribution in [0.15, 0.2) is 134 Å². The third kappa shape index (κ3) is 52.4. The Balaban J connectivity index is 4.55. The van der Waals surface area contributed by atoms with Crippen molar-refractivity contribution in [2.45, 2.75) is 219 Å². The summed E-state index contributed by atoms with van der Waals surface area (Å²) in [5.74, 6) is -1.04. The molecule has 6 nitrogen and oxygen atoms in total. The smallest absolute Gasteiger partial charge is 0.306 e. The standard InChI is InChI=1S/C61H96O6/c1-4-7-10-13-16-19-22-25-27-29-30-32-33-36-39-42-45-48-51-54-60(63)66-57-58(56-65-59(62)53-50-47-44-41-38-35-24-21-18-15-12-9-6-3)67-61(64)55-52-49-46-43-40-37-34-31-28-26-23-20-17-14-11-8-5-2/h7,9-10,12,15-16,18-19,21,24-28,30,32,35-36,38-39,41,44,58H,4-6,8,11,13-14,17,20,22-23,29,31,33-34,37,40,42-43,45-57H2,1-3H3/b10-7-,12-9-,18-15-,19-16-,24-21-,27-25-,28-26-,32-30-,38-35-,39-36-,44-41-. The van der Waals surface area contributed by atoms with Crippen molar-refractivity contribution in [1.82, 2.24) is 0 Å². The second kappa shape index (κ2) is 54.2. The molecule has 0 fully saturated rings. The second-order valence-corrected chi connectivity index (χ2v) is 17.1. The van der Waals surface area contributed by atoms with Crippen molar-refractivity contribution in [3.8, 4) is 0 Å². The second-order valence-electron chi connectivity index (χ2n) is 17.1. The third-order valence-corrected chi connectivity index (χ3v) is 10.7. The van der Waals surface area contributed by atoms with Crippen LogP contribution in [0, 0.1) is 0 Å². The zero-order chi connectivity index (χ0) is 48.6. The number of unbranched alkanes of at least 4 members (excludes halogenated alkanes) is 17. The first-order chi connectivity index (χ1) is 33.0. The minimum atomic E-state index is -0.828. The summed E-state index contributed by atoms with van der Waals surface area (Å²) in [6.45, 7) is 6.26. The summed E-state index contributed by atoms with van der Waals surface area (Å²) in [5, 5.41) is 0. The SMILES string of the molecule is CC\C=C/C=C\C=C/C=C\C=C/CCCC(=O)OCC(COC(=O)CCCCC/C=C\C/C=C\C/C=C\C/C=C\C/C=C\CC)OC(=O)CCCCCCCCC/C=C\CCCCCCCC. The van der Waals surface area contributed by atoms with E-state index in [4.69, 9.17) is 14.2 Å². The van der Waals surface area contributed by atoms with Gasteiger partial charge >= 0.3 is 17.9 Å². The van der Waals surface area contributed by atoms with Gasteiger partial charge in [-0.3, -0.25) is 14.4 Å². The van der Waals surface area contributed by atoms with Crippen molar-refractivity contribution in [2.24, 2.45) is 0 Å². The monoisotopic (exact) mass is 925 g/mol. The first-order valence-electron chi connectivity index (χ1n) is 26.8. The lowest BCUT2D eigenvalue weighted by Crippen LogP contribution is -2.30. The lowest BCUT2D eigenvalue weighted by Gasteiger charge is -2.18. The van der Waals surface area contributed by atoms with Crippen LogP contribution in [0.5, 0.6) is 0 Å². The minimum Gasteiger partial charge on any atom is -0.462 e. The Morgan fingerprint density at radius 3 is 1.16 bits per heavy atom. The van der Waals surface area contributed by atoms with Crippen molar-refractivity contribution in [2.75, 3.05) is 13.2 Å². The molecule has 67 heavy (non-hydrogen) atoms. The highest BCUT2D eigenvalue weighted by Gasteiger charge is 2.19. The van der Waals surface area contributed by atoms with E-state index in [1.807, 2.05) is 54.7 Å². The highest BCUT2D eigenvalue weighted by molar-refractivity contribution is 5.71. The van der Waals surface area contributed by atoms with Crippen LogP contribution in [-0.2, 0) is 28.6 Å². The van der Waals surface area contributed by atoms with Gasteiger partial charge in [-0.25, -0.2) is 0 Å². The highest BCUT2D eigenvalue weighted by Crippen LogP contribution is 2.13. The third-order valence-electron chi connectivity index (χ3n) is 10.7. The predicted octanol–water partition coefficient (Wildman–Crippen LogP) is 17.9.